The Bertz CT molecular complexity index is 825. The maximum atomic E-state index is 12.6. The van der Waals surface area contributed by atoms with E-state index < -0.39 is 10.8 Å². The normalized spacial score (nSPS) is 11.5. The van der Waals surface area contributed by atoms with Gasteiger partial charge in [-0.1, -0.05) is 24.6 Å². The molecule has 0 fully saturated rings. The Morgan fingerprint density at radius 2 is 1.88 bits per heavy atom. The standard InChI is InChI=1S/C18H19ClN2O5/c1-4-15(11-5-8-16(25-2)17(9-11)26-3)20-18(22)13-10-12(21(23)24)6-7-14(13)19/h5-10,15H,4H2,1-3H3,(H,20,22)/t15-/m0/s1. The van der Waals surface area contributed by atoms with Gasteiger partial charge in [0.1, 0.15) is 0 Å². The Morgan fingerprint density at radius 1 is 1.19 bits per heavy atom. The lowest BCUT2D eigenvalue weighted by Gasteiger charge is -2.19. The molecular formula is C18H19ClN2O5. The summed E-state index contributed by atoms with van der Waals surface area (Å²) in [7, 11) is 3.07. The molecule has 2 rings (SSSR count). The first-order chi connectivity index (χ1) is 12.4. The number of nitrogens with one attached hydrogen (secondary N) is 1. The fourth-order valence-corrected chi connectivity index (χ4v) is 2.73. The summed E-state index contributed by atoms with van der Waals surface area (Å²) < 4.78 is 10.5. The van der Waals surface area contributed by atoms with Crippen molar-refractivity contribution in [2.24, 2.45) is 0 Å². The summed E-state index contributed by atoms with van der Waals surface area (Å²) in [4.78, 5) is 22.9. The van der Waals surface area contributed by atoms with Crippen LogP contribution in [-0.2, 0) is 0 Å². The average Bonchev–Trinajstić information content (AvgIpc) is 2.65. The highest BCUT2D eigenvalue weighted by atomic mass is 35.5. The van der Waals surface area contributed by atoms with E-state index in [9.17, 15) is 14.9 Å². The molecule has 26 heavy (non-hydrogen) atoms. The Kier molecular flexibility index (Phi) is 6.41. The second kappa shape index (κ2) is 8.53. The van der Waals surface area contributed by atoms with Gasteiger partial charge in [-0.3, -0.25) is 14.9 Å². The number of hydrogen-bond donors (Lipinski definition) is 1. The lowest BCUT2D eigenvalue weighted by Crippen LogP contribution is -2.28. The molecule has 0 bridgehead atoms. The quantitative estimate of drug-likeness (QED) is 0.577. The molecule has 0 radical (unpaired) electrons. The van der Waals surface area contributed by atoms with Crippen LogP contribution < -0.4 is 14.8 Å². The first-order valence-corrected chi connectivity index (χ1v) is 8.25. The minimum Gasteiger partial charge on any atom is -0.493 e. The van der Waals surface area contributed by atoms with Crippen molar-refractivity contribution >= 4 is 23.2 Å². The van der Waals surface area contributed by atoms with Crippen molar-refractivity contribution in [3.05, 3.63) is 62.7 Å². The number of hydrogen-bond acceptors (Lipinski definition) is 5. The lowest BCUT2D eigenvalue weighted by molar-refractivity contribution is -0.384. The van der Waals surface area contributed by atoms with Crippen LogP contribution in [0.15, 0.2) is 36.4 Å². The van der Waals surface area contributed by atoms with Gasteiger partial charge in [0, 0.05) is 12.1 Å². The zero-order valence-electron chi connectivity index (χ0n) is 14.6. The zero-order valence-corrected chi connectivity index (χ0v) is 15.4. The minimum absolute atomic E-state index is 0.0554. The third-order valence-corrected chi connectivity index (χ3v) is 4.26. The number of nitro groups is 1. The van der Waals surface area contributed by atoms with Crippen LogP contribution >= 0.6 is 11.6 Å². The molecule has 0 aliphatic heterocycles. The summed E-state index contributed by atoms with van der Waals surface area (Å²) in [6.45, 7) is 1.91. The summed E-state index contributed by atoms with van der Waals surface area (Å²) in [5.41, 5.74) is 0.679. The van der Waals surface area contributed by atoms with Gasteiger partial charge >= 0.3 is 0 Å². The number of methoxy groups -OCH3 is 2. The van der Waals surface area contributed by atoms with Crippen LogP contribution in [0.5, 0.6) is 11.5 Å². The summed E-state index contributed by atoms with van der Waals surface area (Å²) in [5.74, 6) is 0.644. The maximum Gasteiger partial charge on any atom is 0.270 e. The van der Waals surface area contributed by atoms with Crippen molar-refractivity contribution in [1.82, 2.24) is 5.32 Å². The lowest BCUT2D eigenvalue weighted by atomic mass is 10.0. The van der Waals surface area contributed by atoms with E-state index in [0.717, 1.165) is 5.56 Å². The van der Waals surface area contributed by atoms with Crippen LogP contribution in [0, 0.1) is 10.1 Å². The van der Waals surface area contributed by atoms with Crippen LogP contribution in [0.2, 0.25) is 5.02 Å². The number of ether oxygens (including phenoxy) is 2. The predicted octanol–water partition coefficient (Wildman–Crippen LogP) is 4.15. The molecule has 0 unspecified atom stereocenters. The number of non-ortho nitro benzene ring substituents is 1. The van der Waals surface area contributed by atoms with Crippen molar-refractivity contribution in [2.75, 3.05) is 14.2 Å². The van der Waals surface area contributed by atoms with E-state index in [2.05, 4.69) is 5.32 Å². The van der Waals surface area contributed by atoms with Gasteiger partial charge in [0.15, 0.2) is 11.5 Å². The van der Waals surface area contributed by atoms with Crippen LogP contribution in [-0.4, -0.2) is 25.1 Å². The first-order valence-electron chi connectivity index (χ1n) is 7.88. The highest BCUT2D eigenvalue weighted by Crippen LogP contribution is 2.31. The van der Waals surface area contributed by atoms with Gasteiger partial charge in [-0.15, -0.1) is 0 Å². The third kappa shape index (κ3) is 4.23. The number of amides is 1. The van der Waals surface area contributed by atoms with Gasteiger partial charge in [0.25, 0.3) is 11.6 Å². The number of nitrogens with zero attached hydrogens (tertiary/aromatic N) is 1. The van der Waals surface area contributed by atoms with E-state index in [1.807, 2.05) is 13.0 Å². The van der Waals surface area contributed by atoms with Crippen LogP contribution in [0.3, 0.4) is 0 Å². The number of nitro benzene ring substituents is 1. The fourth-order valence-electron chi connectivity index (χ4n) is 2.53. The molecule has 0 saturated carbocycles. The molecule has 138 valence electrons. The Labute approximate surface area is 156 Å². The Morgan fingerprint density at radius 3 is 2.46 bits per heavy atom. The number of carbonyl (C=O) groups excluding carboxylic acids is 1. The van der Waals surface area contributed by atoms with Gasteiger partial charge in [-0.05, 0) is 30.2 Å². The predicted molar refractivity (Wildman–Crippen MR) is 98.2 cm³/mol. The van der Waals surface area contributed by atoms with Crippen molar-refractivity contribution in [2.45, 2.75) is 19.4 Å². The Balaban J connectivity index is 2.29. The summed E-state index contributed by atoms with van der Waals surface area (Å²) in [6, 6.07) is 8.80. The largest absolute Gasteiger partial charge is 0.493 e. The van der Waals surface area contributed by atoms with Crippen LogP contribution in [0.25, 0.3) is 0 Å². The third-order valence-electron chi connectivity index (χ3n) is 3.93. The van der Waals surface area contributed by atoms with Gasteiger partial charge in [-0.2, -0.15) is 0 Å². The van der Waals surface area contributed by atoms with Gasteiger partial charge in [0.2, 0.25) is 0 Å². The minimum atomic E-state index is -0.571. The van der Waals surface area contributed by atoms with Gasteiger partial charge in [0.05, 0.1) is 35.8 Å². The van der Waals surface area contributed by atoms with E-state index in [-0.39, 0.29) is 22.3 Å². The fraction of sp³-hybridized carbons (Fsp3) is 0.278. The number of rotatable bonds is 7. The molecule has 2 aromatic rings. The number of carbonyl (C=O) groups is 1. The molecule has 0 aliphatic rings. The van der Waals surface area contributed by atoms with Crippen LogP contribution in [0.1, 0.15) is 35.3 Å². The van der Waals surface area contributed by atoms with Crippen LogP contribution in [0.4, 0.5) is 5.69 Å². The summed E-state index contributed by atoms with van der Waals surface area (Å²) in [6.07, 6.45) is 0.605. The van der Waals surface area contributed by atoms with E-state index in [4.69, 9.17) is 21.1 Å². The highest BCUT2D eigenvalue weighted by molar-refractivity contribution is 6.34. The Hall–Kier alpha value is -2.80. The van der Waals surface area contributed by atoms with E-state index in [1.54, 1.807) is 19.2 Å². The average molecular weight is 379 g/mol. The maximum absolute atomic E-state index is 12.6. The number of benzene rings is 2. The smallest absolute Gasteiger partial charge is 0.270 e. The zero-order chi connectivity index (χ0) is 19.3. The van der Waals surface area contributed by atoms with Gasteiger partial charge in [-0.25, -0.2) is 0 Å². The topological polar surface area (TPSA) is 90.7 Å². The van der Waals surface area contributed by atoms with Gasteiger partial charge < -0.3 is 14.8 Å². The van der Waals surface area contributed by atoms with Crippen molar-refractivity contribution in [1.29, 1.82) is 0 Å². The molecular weight excluding hydrogens is 360 g/mol. The summed E-state index contributed by atoms with van der Waals surface area (Å²) >= 11 is 6.04. The molecule has 0 saturated heterocycles. The van der Waals surface area contributed by atoms with E-state index in [0.29, 0.717) is 17.9 Å². The molecule has 0 aliphatic carbocycles. The second-order valence-corrected chi connectivity index (χ2v) is 5.88. The molecule has 0 aromatic heterocycles. The van der Waals surface area contributed by atoms with Crippen molar-refractivity contribution in [3.63, 3.8) is 0 Å². The second-order valence-electron chi connectivity index (χ2n) is 5.47. The number of halogens is 1. The summed E-state index contributed by atoms with van der Waals surface area (Å²) in [5, 5.41) is 13.9. The highest BCUT2D eigenvalue weighted by Gasteiger charge is 2.20. The monoisotopic (exact) mass is 378 g/mol. The molecule has 8 heteroatoms. The molecule has 1 amide bonds. The molecule has 1 atom stereocenters. The van der Waals surface area contributed by atoms with E-state index in [1.165, 1.54) is 25.3 Å². The molecule has 1 N–H and O–H groups in total. The molecule has 0 spiro atoms. The first kappa shape index (κ1) is 19.5. The van der Waals surface area contributed by atoms with Crippen molar-refractivity contribution in [3.8, 4) is 11.5 Å². The molecule has 0 heterocycles. The van der Waals surface area contributed by atoms with E-state index >= 15 is 0 Å². The molecule has 7 nitrogen and oxygen atoms in total. The molecule has 2 aromatic carbocycles. The SMILES string of the molecule is CC[C@H](NC(=O)c1cc([N+](=O)[O-])ccc1Cl)c1ccc(OC)c(OC)c1. The van der Waals surface area contributed by atoms with Crippen molar-refractivity contribution < 1.29 is 19.2 Å².